The van der Waals surface area contributed by atoms with E-state index in [-0.39, 0.29) is 34.3 Å². The quantitative estimate of drug-likeness (QED) is 0.157. The Morgan fingerprint density at radius 3 is 2.67 bits per heavy atom. The number of benzene rings is 1. The largest absolute Gasteiger partial charge is 0.443 e. The van der Waals surface area contributed by atoms with E-state index in [2.05, 4.69) is 48.5 Å². The maximum Gasteiger partial charge on any atom is 0.268 e. The molecule has 0 saturated carbocycles. The fraction of sp³-hybridized carbons (Fsp3) is 0.441. The van der Waals surface area contributed by atoms with Crippen LogP contribution in [0.5, 0.6) is 0 Å². The van der Waals surface area contributed by atoms with Gasteiger partial charge in [-0.3, -0.25) is 14.9 Å². The van der Waals surface area contributed by atoms with Crippen LogP contribution in [-0.2, 0) is 17.9 Å². The summed E-state index contributed by atoms with van der Waals surface area (Å²) in [5.41, 5.74) is 2.73. The standard InChI is InChI=1S/C34H41N7O3S/c1-33(2,3)15-23(16-35)31(43)40-13-7-8-24(40)19-41-26-10-9-22(17-36-20-34(4,5)6)14-25(26)38-32(41)39-30(42)29-12-11-28(45-29)27-18-37-21-44-27/h9-12,14-15,18,21,24,36H,7-8,13,17,19-20H2,1-6H3,(H,38,39,42)/t24-/m1/s1. The molecule has 45 heavy (non-hydrogen) atoms. The summed E-state index contributed by atoms with van der Waals surface area (Å²) in [7, 11) is 0. The van der Waals surface area contributed by atoms with Gasteiger partial charge in [0.25, 0.3) is 11.8 Å². The molecule has 1 saturated heterocycles. The van der Waals surface area contributed by atoms with Gasteiger partial charge in [-0.05, 0) is 53.5 Å². The molecule has 4 aromatic rings. The van der Waals surface area contributed by atoms with Gasteiger partial charge in [0, 0.05) is 26.2 Å². The lowest BCUT2D eigenvalue weighted by atomic mass is 9.93. The number of hydrogen-bond donors (Lipinski definition) is 2. The summed E-state index contributed by atoms with van der Waals surface area (Å²) in [5.74, 6) is 0.473. The average molecular weight is 628 g/mol. The van der Waals surface area contributed by atoms with Crippen LogP contribution in [0.3, 0.4) is 0 Å². The van der Waals surface area contributed by atoms with Crippen molar-refractivity contribution in [3.05, 3.63) is 65.0 Å². The number of nitriles is 1. The zero-order valence-corrected chi connectivity index (χ0v) is 27.6. The van der Waals surface area contributed by atoms with Crippen molar-refractivity contribution in [3.63, 3.8) is 0 Å². The first-order valence-electron chi connectivity index (χ1n) is 15.3. The first kappa shape index (κ1) is 32.1. The maximum atomic E-state index is 13.5. The molecule has 10 nitrogen and oxygen atoms in total. The third kappa shape index (κ3) is 7.88. The summed E-state index contributed by atoms with van der Waals surface area (Å²) < 4.78 is 7.38. The SMILES string of the molecule is CC(C)(C)C=C(C#N)C(=O)N1CCC[C@@H]1Cn1c(NC(=O)c2ccc(-c3cnco3)s2)nc2cc(CNCC(C)(C)C)ccc21. The van der Waals surface area contributed by atoms with E-state index in [1.807, 2.05) is 43.5 Å². The highest BCUT2D eigenvalue weighted by atomic mass is 32.1. The van der Waals surface area contributed by atoms with Crippen LogP contribution in [0.4, 0.5) is 5.95 Å². The molecule has 11 heteroatoms. The van der Waals surface area contributed by atoms with E-state index < -0.39 is 0 Å². The lowest BCUT2D eigenvalue weighted by Crippen LogP contribution is -2.39. The molecule has 1 aromatic carbocycles. The van der Waals surface area contributed by atoms with Crippen molar-refractivity contribution < 1.29 is 14.0 Å². The van der Waals surface area contributed by atoms with Gasteiger partial charge < -0.3 is 19.2 Å². The molecule has 0 unspecified atom stereocenters. The van der Waals surface area contributed by atoms with Gasteiger partial charge in [-0.25, -0.2) is 9.97 Å². The molecule has 4 heterocycles. The second kappa shape index (κ2) is 13.0. The van der Waals surface area contributed by atoms with Gasteiger partial charge in [0.15, 0.2) is 12.2 Å². The molecular formula is C34H41N7O3S. The number of allylic oxidation sites excluding steroid dienone is 1. The fourth-order valence-electron chi connectivity index (χ4n) is 5.47. The predicted molar refractivity (Wildman–Crippen MR) is 177 cm³/mol. The van der Waals surface area contributed by atoms with Crippen molar-refractivity contribution in [2.45, 2.75) is 73.5 Å². The molecule has 0 aliphatic carbocycles. The fourth-order valence-corrected chi connectivity index (χ4v) is 6.33. The molecule has 2 N–H and O–H groups in total. The second-order valence-electron chi connectivity index (χ2n) is 13.8. The molecule has 1 aliphatic heterocycles. The number of oxazole rings is 1. The maximum absolute atomic E-state index is 13.5. The monoisotopic (exact) mass is 627 g/mol. The molecule has 1 atom stereocenters. The van der Waals surface area contributed by atoms with Crippen LogP contribution in [-0.4, -0.2) is 50.4 Å². The Bertz CT molecular complexity index is 1750. The van der Waals surface area contributed by atoms with Crippen molar-refractivity contribution in [1.82, 2.24) is 24.8 Å². The lowest BCUT2D eigenvalue weighted by molar-refractivity contribution is -0.127. The Balaban J connectivity index is 1.45. The molecule has 5 rings (SSSR count). The summed E-state index contributed by atoms with van der Waals surface area (Å²) in [6.45, 7) is 15.1. The third-order valence-electron chi connectivity index (χ3n) is 7.49. The number of thiophene rings is 1. The topological polar surface area (TPSA) is 129 Å². The van der Waals surface area contributed by atoms with E-state index in [0.717, 1.165) is 40.9 Å². The van der Waals surface area contributed by atoms with Gasteiger partial charge in [-0.15, -0.1) is 11.3 Å². The molecule has 0 radical (unpaired) electrons. The number of nitrogens with one attached hydrogen (secondary N) is 2. The summed E-state index contributed by atoms with van der Waals surface area (Å²) >= 11 is 1.31. The van der Waals surface area contributed by atoms with Crippen LogP contribution >= 0.6 is 11.3 Å². The first-order chi connectivity index (χ1) is 21.3. The molecule has 1 aliphatic rings. The number of hydrogen-bond acceptors (Lipinski definition) is 8. The third-order valence-corrected chi connectivity index (χ3v) is 8.59. The zero-order valence-electron chi connectivity index (χ0n) is 26.8. The smallest absolute Gasteiger partial charge is 0.268 e. The van der Waals surface area contributed by atoms with Crippen LogP contribution in [0.25, 0.3) is 21.7 Å². The normalized spacial score (nSPS) is 15.9. The Hall–Kier alpha value is -4.27. The van der Waals surface area contributed by atoms with Crippen LogP contribution in [0.15, 0.2) is 59.0 Å². The highest BCUT2D eigenvalue weighted by Gasteiger charge is 2.33. The number of carbonyl (C=O) groups excluding carboxylic acids is 2. The molecular weight excluding hydrogens is 586 g/mol. The van der Waals surface area contributed by atoms with Gasteiger partial charge in [-0.2, -0.15) is 5.26 Å². The van der Waals surface area contributed by atoms with Crippen molar-refractivity contribution in [2.24, 2.45) is 10.8 Å². The summed E-state index contributed by atoms with van der Waals surface area (Å²) in [5, 5.41) is 16.4. The molecule has 2 amide bonds. The Morgan fingerprint density at radius 2 is 1.98 bits per heavy atom. The van der Waals surface area contributed by atoms with Gasteiger partial charge in [0.2, 0.25) is 5.95 Å². The van der Waals surface area contributed by atoms with Crippen LogP contribution in [0, 0.1) is 22.2 Å². The number of carbonyl (C=O) groups is 2. The van der Waals surface area contributed by atoms with Crippen LogP contribution in [0.2, 0.25) is 0 Å². The van der Waals surface area contributed by atoms with Crippen molar-refractivity contribution in [2.75, 3.05) is 18.4 Å². The van der Waals surface area contributed by atoms with Gasteiger partial charge in [0.05, 0.1) is 33.0 Å². The number of rotatable bonds is 9. The minimum Gasteiger partial charge on any atom is -0.443 e. The van der Waals surface area contributed by atoms with E-state index in [1.54, 1.807) is 23.2 Å². The molecule has 3 aromatic heterocycles. The van der Waals surface area contributed by atoms with Gasteiger partial charge in [0.1, 0.15) is 11.6 Å². The predicted octanol–water partition coefficient (Wildman–Crippen LogP) is 6.63. The number of likely N-dealkylation sites (tertiary alicyclic amines) is 1. The van der Waals surface area contributed by atoms with E-state index in [1.165, 1.54) is 17.7 Å². The van der Waals surface area contributed by atoms with Gasteiger partial charge in [-0.1, -0.05) is 53.7 Å². The summed E-state index contributed by atoms with van der Waals surface area (Å²) in [4.78, 5) is 39.0. The van der Waals surface area contributed by atoms with Crippen molar-refractivity contribution in [3.8, 4) is 16.7 Å². The number of nitrogens with zero attached hydrogens (tertiary/aromatic N) is 5. The highest BCUT2D eigenvalue weighted by Crippen LogP contribution is 2.31. The first-order valence-corrected chi connectivity index (χ1v) is 16.1. The van der Waals surface area contributed by atoms with Crippen LogP contribution < -0.4 is 10.6 Å². The second-order valence-corrected chi connectivity index (χ2v) is 14.9. The van der Waals surface area contributed by atoms with E-state index >= 15 is 0 Å². The number of fused-ring (bicyclic) bond motifs is 1. The van der Waals surface area contributed by atoms with E-state index in [4.69, 9.17) is 9.40 Å². The van der Waals surface area contributed by atoms with Crippen LogP contribution in [0.1, 0.15) is 69.6 Å². The number of imidazole rings is 1. The molecule has 0 bridgehead atoms. The molecule has 236 valence electrons. The molecule has 0 spiro atoms. The Morgan fingerprint density at radius 1 is 1.18 bits per heavy atom. The minimum absolute atomic E-state index is 0.157. The molecule has 1 fully saturated rings. The number of aromatic nitrogens is 3. The summed E-state index contributed by atoms with van der Waals surface area (Å²) in [6, 6.07) is 11.7. The zero-order chi connectivity index (χ0) is 32.4. The Kier molecular flexibility index (Phi) is 9.28. The Labute approximate surface area is 268 Å². The van der Waals surface area contributed by atoms with E-state index in [9.17, 15) is 14.9 Å². The average Bonchev–Trinajstić information content (AvgIpc) is 3.78. The van der Waals surface area contributed by atoms with Crippen molar-refractivity contribution in [1.29, 1.82) is 5.26 Å². The van der Waals surface area contributed by atoms with Gasteiger partial charge >= 0.3 is 0 Å². The highest BCUT2D eigenvalue weighted by molar-refractivity contribution is 7.17. The van der Waals surface area contributed by atoms with E-state index in [0.29, 0.717) is 36.2 Å². The minimum atomic E-state index is -0.303. The lowest BCUT2D eigenvalue weighted by Gasteiger charge is -2.26. The van der Waals surface area contributed by atoms with Crippen molar-refractivity contribution >= 4 is 40.1 Å². The number of anilines is 1. The summed E-state index contributed by atoms with van der Waals surface area (Å²) in [6.07, 6.45) is 6.34. The number of amides is 2.